The van der Waals surface area contributed by atoms with E-state index in [2.05, 4.69) is 0 Å². The first kappa shape index (κ1) is 30.4. The van der Waals surface area contributed by atoms with E-state index in [-0.39, 0.29) is 41.9 Å². The number of amides is 1. The lowest BCUT2D eigenvalue weighted by Gasteiger charge is -2.50. The Kier molecular flexibility index (Phi) is 7.47. The van der Waals surface area contributed by atoms with E-state index in [1.807, 2.05) is 39.8 Å². The number of benzene rings is 1. The average Bonchev–Trinajstić information content (AvgIpc) is 2.83. The molecule has 1 aromatic carbocycles. The van der Waals surface area contributed by atoms with Crippen LogP contribution in [0.15, 0.2) is 28.7 Å². The van der Waals surface area contributed by atoms with Crippen LogP contribution in [-0.4, -0.2) is 99.9 Å². The molecule has 0 saturated carbocycles. The van der Waals surface area contributed by atoms with Gasteiger partial charge < -0.3 is 31.1 Å². The number of primary amides is 1. The van der Waals surface area contributed by atoms with E-state index in [9.17, 15) is 39.6 Å². The summed E-state index contributed by atoms with van der Waals surface area (Å²) in [6.07, 6.45) is 0.198. The van der Waals surface area contributed by atoms with Crippen molar-refractivity contribution in [2.45, 2.75) is 57.1 Å². The third kappa shape index (κ3) is 4.56. The van der Waals surface area contributed by atoms with Crippen molar-refractivity contribution in [1.29, 1.82) is 0 Å². The lowest BCUT2D eigenvalue weighted by molar-refractivity contribution is -0.148. The second-order valence-electron chi connectivity index (χ2n) is 12.9. The Morgan fingerprint density at radius 2 is 1.71 bits per heavy atom. The molecule has 0 fully saturated rings. The van der Waals surface area contributed by atoms with Crippen molar-refractivity contribution in [3.63, 3.8) is 0 Å². The van der Waals surface area contributed by atoms with Gasteiger partial charge in [0.05, 0.1) is 11.6 Å². The number of carbonyl (C=O) groups excluding carboxylic acids is 4. The number of phenols is 1. The molecule has 0 spiro atoms. The number of aromatic hydroxyl groups is 1. The van der Waals surface area contributed by atoms with Gasteiger partial charge in [0.15, 0.2) is 17.2 Å². The van der Waals surface area contributed by atoms with Crippen molar-refractivity contribution in [2.75, 3.05) is 34.7 Å². The Labute approximate surface area is 238 Å². The number of aliphatic hydroxyl groups is 3. The molecule has 11 nitrogen and oxygen atoms in total. The first-order valence-corrected chi connectivity index (χ1v) is 13.6. The van der Waals surface area contributed by atoms with Gasteiger partial charge in [0.2, 0.25) is 5.78 Å². The zero-order chi connectivity index (χ0) is 30.9. The number of nitrogens with two attached hydrogens (primary N) is 1. The van der Waals surface area contributed by atoms with Gasteiger partial charge in [-0.15, -0.1) is 0 Å². The maximum Gasteiger partial charge on any atom is 0.255 e. The van der Waals surface area contributed by atoms with E-state index >= 15 is 0 Å². The molecule has 4 rings (SSSR count). The summed E-state index contributed by atoms with van der Waals surface area (Å²) in [5, 5.41) is 45.6. The van der Waals surface area contributed by atoms with Crippen LogP contribution in [0.5, 0.6) is 5.75 Å². The average molecular weight is 570 g/mol. The van der Waals surface area contributed by atoms with Crippen molar-refractivity contribution >= 4 is 23.3 Å². The fourth-order valence-corrected chi connectivity index (χ4v) is 6.60. The van der Waals surface area contributed by atoms with Gasteiger partial charge in [-0.05, 0) is 64.0 Å². The lowest BCUT2D eigenvalue weighted by Crippen LogP contribution is -2.63. The number of aliphatic hydroxyl groups excluding tert-OH is 2. The quantitative estimate of drug-likeness (QED) is 0.249. The summed E-state index contributed by atoms with van der Waals surface area (Å²) in [6, 6.07) is 0.548. The largest absolute Gasteiger partial charge is 0.510 e. The van der Waals surface area contributed by atoms with Gasteiger partial charge in [-0.3, -0.25) is 24.1 Å². The van der Waals surface area contributed by atoms with Gasteiger partial charge in [0.1, 0.15) is 22.8 Å². The van der Waals surface area contributed by atoms with Gasteiger partial charge >= 0.3 is 0 Å². The lowest BCUT2D eigenvalue weighted by atomic mass is 9.58. The van der Waals surface area contributed by atoms with Crippen molar-refractivity contribution in [3.8, 4) is 5.75 Å². The van der Waals surface area contributed by atoms with E-state index in [1.165, 1.54) is 4.90 Å². The molecule has 4 atom stereocenters. The number of hydrogen-bond donors (Lipinski definition) is 5. The van der Waals surface area contributed by atoms with Crippen LogP contribution in [0, 0.1) is 11.8 Å². The summed E-state index contributed by atoms with van der Waals surface area (Å²) in [5.74, 6) is -7.36. The van der Waals surface area contributed by atoms with Gasteiger partial charge in [0, 0.05) is 35.6 Å². The third-order valence-electron chi connectivity index (χ3n) is 8.62. The fourth-order valence-electron chi connectivity index (χ4n) is 6.60. The molecule has 0 aromatic heterocycles. The predicted octanol–water partition coefficient (Wildman–Crippen LogP) is 1.55. The molecule has 3 aliphatic rings. The standard InChI is InChI=1S/C30H39N3O8/c1-29(2,3)17-12-14(18(34)8-9-32(4)5)15-10-13-11-16-22(33(6)7)25(37)21(28(31)40)27(39)30(16,41)26(38)19(13)24(36)20(15)23(17)35/h12-13,16,22,35,37-38,41H,8-11H2,1-7H3,(H2,31,40). The summed E-state index contributed by atoms with van der Waals surface area (Å²) >= 11 is 0. The van der Waals surface area contributed by atoms with Crippen LogP contribution in [0.3, 0.4) is 0 Å². The molecule has 11 heteroatoms. The Morgan fingerprint density at radius 3 is 2.22 bits per heavy atom. The first-order chi connectivity index (χ1) is 18.8. The molecule has 6 N–H and O–H groups in total. The van der Waals surface area contributed by atoms with Crippen molar-refractivity contribution < 1.29 is 39.6 Å². The highest BCUT2D eigenvalue weighted by Gasteiger charge is 2.63. The molecule has 0 radical (unpaired) electrons. The van der Waals surface area contributed by atoms with Crippen LogP contribution in [0.25, 0.3) is 0 Å². The summed E-state index contributed by atoms with van der Waals surface area (Å²) < 4.78 is 0. The van der Waals surface area contributed by atoms with Crippen LogP contribution in [0.1, 0.15) is 65.5 Å². The molecular weight excluding hydrogens is 530 g/mol. The Morgan fingerprint density at radius 1 is 1.10 bits per heavy atom. The molecule has 1 aromatic rings. The second-order valence-corrected chi connectivity index (χ2v) is 12.9. The van der Waals surface area contributed by atoms with Crippen LogP contribution >= 0.6 is 0 Å². The van der Waals surface area contributed by atoms with Crippen LogP contribution < -0.4 is 5.73 Å². The summed E-state index contributed by atoms with van der Waals surface area (Å²) in [4.78, 5) is 56.6. The highest BCUT2D eigenvalue weighted by Crippen LogP contribution is 2.53. The van der Waals surface area contributed by atoms with Crippen molar-refractivity contribution in [2.24, 2.45) is 17.6 Å². The number of carbonyl (C=O) groups is 4. The summed E-state index contributed by atoms with van der Waals surface area (Å²) in [7, 11) is 6.82. The van der Waals surface area contributed by atoms with Crippen molar-refractivity contribution in [3.05, 3.63) is 51.0 Å². The van der Waals surface area contributed by atoms with Gasteiger partial charge in [0.25, 0.3) is 5.91 Å². The molecule has 0 aliphatic heterocycles. The van der Waals surface area contributed by atoms with Gasteiger partial charge in [-0.25, -0.2) is 0 Å². The maximum absolute atomic E-state index is 14.1. The highest BCUT2D eigenvalue weighted by atomic mass is 16.3. The number of allylic oxidation sites excluding steroid dienone is 1. The van der Waals surface area contributed by atoms with E-state index in [0.717, 1.165) is 0 Å². The smallest absolute Gasteiger partial charge is 0.255 e. The first-order valence-electron chi connectivity index (χ1n) is 13.6. The normalized spacial score (nSPS) is 26.3. The number of Topliss-reactive ketones (excluding diaryl/α,β-unsaturated/α-hetero) is 3. The molecule has 4 unspecified atom stereocenters. The van der Waals surface area contributed by atoms with Crippen molar-refractivity contribution in [1.82, 2.24) is 9.80 Å². The third-order valence-corrected chi connectivity index (χ3v) is 8.62. The topological polar surface area (TPSA) is 182 Å². The van der Waals surface area contributed by atoms with E-state index in [4.69, 9.17) is 5.73 Å². The van der Waals surface area contributed by atoms with Crippen LogP contribution in [-0.2, 0) is 21.4 Å². The highest BCUT2D eigenvalue weighted by molar-refractivity contribution is 6.25. The Balaban J connectivity index is 1.98. The maximum atomic E-state index is 14.1. The fraction of sp³-hybridized carbons (Fsp3) is 0.533. The van der Waals surface area contributed by atoms with E-state index < -0.39 is 63.5 Å². The summed E-state index contributed by atoms with van der Waals surface area (Å²) in [6.45, 7) is 5.96. The Bertz CT molecular complexity index is 1430. The number of hydrogen-bond acceptors (Lipinski definition) is 10. The second kappa shape index (κ2) is 10.1. The van der Waals surface area contributed by atoms with E-state index in [0.29, 0.717) is 23.2 Å². The summed E-state index contributed by atoms with van der Waals surface area (Å²) in [5.41, 5.74) is 1.78. The number of ketones is 3. The van der Waals surface area contributed by atoms with Gasteiger partial charge in [-0.1, -0.05) is 20.8 Å². The SMILES string of the molecule is CN(C)CCC(=O)c1cc(C(C)(C)C)c(O)c2c1CC1CC3C(N(C)C)C(O)=C(C(N)=O)C(=O)C3(O)C(O)=C1C2=O. The zero-order valence-electron chi connectivity index (χ0n) is 24.5. The number of fused-ring (bicyclic) bond motifs is 3. The molecular formula is C30H39N3O8. The number of likely N-dealkylation sites (N-methyl/N-ethyl adjacent to an activating group) is 1. The minimum atomic E-state index is -2.72. The zero-order valence-corrected chi connectivity index (χ0v) is 24.5. The monoisotopic (exact) mass is 569 g/mol. The minimum Gasteiger partial charge on any atom is -0.510 e. The molecule has 0 bridgehead atoms. The molecule has 0 heterocycles. The minimum absolute atomic E-state index is 0.0428. The molecule has 1 amide bonds. The predicted molar refractivity (Wildman–Crippen MR) is 150 cm³/mol. The number of phenolic OH excluding ortho intramolecular Hbond substituents is 1. The van der Waals surface area contributed by atoms with Gasteiger partial charge in [-0.2, -0.15) is 0 Å². The van der Waals surface area contributed by atoms with Crippen LogP contribution in [0.2, 0.25) is 0 Å². The molecule has 41 heavy (non-hydrogen) atoms. The van der Waals surface area contributed by atoms with Crippen LogP contribution in [0.4, 0.5) is 0 Å². The molecule has 0 saturated heterocycles. The number of rotatable bonds is 6. The van der Waals surface area contributed by atoms with E-state index in [1.54, 1.807) is 20.2 Å². The number of nitrogens with zero attached hydrogens (tertiary/aromatic N) is 2. The Hall–Kier alpha value is -3.54. The molecule has 3 aliphatic carbocycles. The molecule has 222 valence electrons.